The van der Waals surface area contributed by atoms with Crippen molar-refractivity contribution in [2.45, 2.75) is 19.3 Å². The molecule has 0 aliphatic carbocycles. The number of carbonyl (C=O) groups excluding carboxylic acids is 1. The van der Waals surface area contributed by atoms with Gasteiger partial charge >= 0.3 is 6.18 Å². The molecular formula is C12H9F3N2O. The molecule has 1 N–H and O–H groups in total. The first-order chi connectivity index (χ1) is 8.47. The maximum Gasteiger partial charge on any atom is 0.418 e. The van der Waals surface area contributed by atoms with Crippen LogP contribution in [0, 0.1) is 0 Å². The van der Waals surface area contributed by atoms with E-state index in [-0.39, 0.29) is 24.5 Å². The van der Waals surface area contributed by atoms with Gasteiger partial charge in [0.05, 0.1) is 17.6 Å². The Balaban J connectivity index is 2.33. The van der Waals surface area contributed by atoms with Crippen LogP contribution >= 0.6 is 0 Å². The van der Waals surface area contributed by atoms with Crippen molar-refractivity contribution in [3.63, 3.8) is 0 Å². The van der Waals surface area contributed by atoms with Crippen LogP contribution in [-0.2, 0) is 24.1 Å². The molecule has 94 valence electrons. The predicted molar refractivity (Wildman–Crippen MR) is 58.8 cm³/mol. The van der Waals surface area contributed by atoms with Crippen molar-refractivity contribution in [1.29, 1.82) is 0 Å². The molecule has 0 bridgehead atoms. The molecule has 2 aromatic rings. The highest BCUT2D eigenvalue weighted by molar-refractivity contribution is 5.88. The third-order valence-corrected chi connectivity index (χ3v) is 3.08. The topological polar surface area (TPSA) is 34.0 Å². The molecule has 1 amide bonds. The summed E-state index contributed by atoms with van der Waals surface area (Å²) >= 11 is 0. The number of alkyl halides is 3. The zero-order valence-corrected chi connectivity index (χ0v) is 9.21. The Bertz CT molecular complexity index is 643. The lowest BCUT2D eigenvalue weighted by Gasteiger charge is -2.18. The van der Waals surface area contributed by atoms with Gasteiger partial charge in [-0.1, -0.05) is 12.1 Å². The van der Waals surface area contributed by atoms with E-state index in [4.69, 9.17) is 0 Å². The van der Waals surface area contributed by atoms with Crippen molar-refractivity contribution in [2.24, 2.45) is 0 Å². The highest BCUT2D eigenvalue weighted by Gasteiger charge is 2.34. The number of hydrogen-bond donors (Lipinski definition) is 1. The van der Waals surface area contributed by atoms with Gasteiger partial charge in [0.25, 0.3) is 0 Å². The molecule has 3 rings (SSSR count). The van der Waals surface area contributed by atoms with Crippen LogP contribution in [0.2, 0.25) is 0 Å². The molecule has 18 heavy (non-hydrogen) atoms. The molecule has 0 saturated heterocycles. The lowest BCUT2D eigenvalue weighted by molar-refractivity contribution is -0.136. The molecule has 0 spiro atoms. The number of fused-ring (bicyclic) bond motifs is 3. The summed E-state index contributed by atoms with van der Waals surface area (Å²) in [5.41, 5.74) is 0.0945. The summed E-state index contributed by atoms with van der Waals surface area (Å²) in [7, 11) is 0. The molecule has 0 fully saturated rings. The van der Waals surface area contributed by atoms with Gasteiger partial charge in [-0.25, -0.2) is 0 Å². The van der Waals surface area contributed by atoms with Crippen LogP contribution in [0.25, 0.3) is 10.9 Å². The molecule has 0 radical (unpaired) electrons. The van der Waals surface area contributed by atoms with Crippen molar-refractivity contribution in [1.82, 2.24) is 9.88 Å². The average Bonchev–Trinajstić information content (AvgIpc) is 2.65. The molecule has 2 heterocycles. The smallest absolute Gasteiger partial charge is 0.349 e. The lowest BCUT2D eigenvalue weighted by Crippen LogP contribution is -2.34. The van der Waals surface area contributed by atoms with Crippen LogP contribution in [0.4, 0.5) is 13.2 Å². The number of nitrogens with one attached hydrogen (secondary N) is 1. The van der Waals surface area contributed by atoms with Crippen LogP contribution in [0.3, 0.4) is 0 Å². The number of hydrogen-bond acceptors (Lipinski definition) is 1. The summed E-state index contributed by atoms with van der Waals surface area (Å²) < 4.78 is 40.3. The molecule has 3 nitrogen and oxygen atoms in total. The molecule has 0 saturated carbocycles. The minimum atomic E-state index is -4.41. The van der Waals surface area contributed by atoms with E-state index in [2.05, 4.69) is 5.32 Å². The number of halogens is 3. The van der Waals surface area contributed by atoms with E-state index in [0.29, 0.717) is 11.1 Å². The molecule has 6 heteroatoms. The van der Waals surface area contributed by atoms with Gasteiger partial charge in [0.2, 0.25) is 5.91 Å². The maximum absolute atomic E-state index is 12.9. The first-order valence-electron chi connectivity index (χ1n) is 5.42. The quantitative estimate of drug-likeness (QED) is 0.769. The molecule has 1 aromatic carbocycles. The van der Waals surface area contributed by atoms with Crippen molar-refractivity contribution < 1.29 is 18.0 Å². The Hall–Kier alpha value is -1.98. The number of carbonyl (C=O) groups is 1. The van der Waals surface area contributed by atoms with Crippen LogP contribution in [-0.4, -0.2) is 10.5 Å². The van der Waals surface area contributed by atoms with E-state index in [1.807, 2.05) is 0 Å². The highest BCUT2D eigenvalue weighted by atomic mass is 19.4. The highest BCUT2D eigenvalue weighted by Crippen LogP contribution is 2.36. The minimum absolute atomic E-state index is 0.0636. The van der Waals surface area contributed by atoms with Crippen LogP contribution in [0.1, 0.15) is 11.3 Å². The molecule has 0 atom stereocenters. The summed E-state index contributed by atoms with van der Waals surface area (Å²) in [4.78, 5) is 11.3. The number of aromatic nitrogens is 1. The zero-order valence-electron chi connectivity index (χ0n) is 9.21. The largest absolute Gasteiger partial charge is 0.418 e. The lowest BCUT2D eigenvalue weighted by atomic mass is 10.1. The number of rotatable bonds is 0. The molecule has 1 aliphatic heterocycles. The van der Waals surface area contributed by atoms with Gasteiger partial charge in [0.1, 0.15) is 6.54 Å². The first kappa shape index (κ1) is 11.1. The Morgan fingerprint density at radius 2 is 2.06 bits per heavy atom. The van der Waals surface area contributed by atoms with Gasteiger partial charge in [-0.2, -0.15) is 13.2 Å². The number of nitrogens with zero attached hydrogens (tertiary/aromatic N) is 1. The molecule has 0 unspecified atom stereocenters. The van der Waals surface area contributed by atoms with Crippen LogP contribution < -0.4 is 5.32 Å². The van der Waals surface area contributed by atoms with Gasteiger partial charge in [-0.05, 0) is 12.1 Å². The molecular weight excluding hydrogens is 245 g/mol. The van der Waals surface area contributed by atoms with Gasteiger partial charge in [0.15, 0.2) is 0 Å². The summed E-state index contributed by atoms with van der Waals surface area (Å²) in [6.45, 7) is 0.205. The second kappa shape index (κ2) is 3.51. The summed E-state index contributed by atoms with van der Waals surface area (Å²) in [6.07, 6.45) is -4.41. The van der Waals surface area contributed by atoms with Crippen molar-refractivity contribution in [3.05, 3.63) is 35.5 Å². The average molecular weight is 254 g/mol. The zero-order chi connectivity index (χ0) is 12.9. The van der Waals surface area contributed by atoms with E-state index in [0.717, 1.165) is 6.07 Å². The minimum Gasteiger partial charge on any atom is -0.349 e. The Morgan fingerprint density at radius 1 is 1.28 bits per heavy atom. The normalized spacial score (nSPS) is 15.6. The second-order valence-electron chi connectivity index (χ2n) is 4.24. The van der Waals surface area contributed by atoms with Crippen molar-refractivity contribution >= 4 is 16.8 Å². The van der Waals surface area contributed by atoms with E-state index < -0.39 is 11.7 Å². The van der Waals surface area contributed by atoms with Gasteiger partial charge < -0.3 is 9.88 Å². The fraction of sp³-hybridized carbons (Fsp3) is 0.250. The standard InChI is InChI=1S/C12H9F3N2O/c13-12(14,15)9-3-1-2-7-4-8-5-16-10(18)6-17(8)11(7)9/h1-4H,5-6H2,(H,16,18). The fourth-order valence-corrected chi connectivity index (χ4v) is 2.32. The van der Waals surface area contributed by atoms with Crippen LogP contribution in [0.5, 0.6) is 0 Å². The third kappa shape index (κ3) is 1.56. The van der Waals surface area contributed by atoms with Crippen molar-refractivity contribution in [2.75, 3.05) is 0 Å². The Kier molecular flexibility index (Phi) is 2.17. The third-order valence-electron chi connectivity index (χ3n) is 3.08. The molecule has 1 aromatic heterocycles. The summed E-state index contributed by atoms with van der Waals surface area (Å²) in [5, 5.41) is 3.13. The first-order valence-corrected chi connectivity index (χ1v) is 5.42. The number of amides is 1. The summed E-state index contributed by atoms with van der Waals surface area (Å²) in [6, 6.07) is 5.74. The Labute approximate surface area is 100 Å². The van der Waals surface area contributed by atoms with Gasteiger partial charge in [0, 0.05) is 11.1 Å². The predicted octanol–water partition coefficient (Wildman–Crippen LogP) is 2.29. The fourth-order valence-electron chi connectivity index (χ4n) is 2.32. The van der Waals surface area contributed by atoms with E-state index in [1.54, 1.807) is 12.1 Å². The monoisotopic (exact) mass is 254 g/mol. The number of para-hydroxylation sites is 1. The second-order valence-corrected chi connectivity index (χ2v) is 4.24. The van der Waals surface area contributed by atoms with Crippen LogP contribution in [0.15, 0.2) is 24.3 Å². The molecule has 1 aliphatic rings. The van der Waals surface area contributed by atoms with E-state index in [1.165, 1.54) is 10.6 Å². The summed E-state index contributed by atoms with van der Waals surface area (Å²) in [5.74, 6) is -0.267. The maximum atomic E-state index is 12.9. The number of benzene rings is 1. The van der Waals surface area contributed by atoms with Gasteiger partial charge in [-0.15, -0.1) is 0 Å². The SMILES string of the molecule is O=C1Cn2c(cc3cccc(C(F)(F)F)c32)CN1. The van der Waals surface area contributed by atoms with Gasteiger partial charge in [-0.3, -0.25) is 4.79 Å². The van der Waals surface area contributed by atoms with E-state index >= 15 is 0 Å². The van der Waals surface area contributed by atoms with E-state index in [9.17, 15) is 18.0 Å². The Morgan fingerprint density at radius 3 is 2.78 bits per heavy atom. The van der Waals surface area contributed by atoms with Crippen molar-refractivity contribution in [3.8, 4) is 0 Å².